The fraction of sp³-hybridized carbons (Fsp3) is 0.440. The summed E-state index contributed by atoms with van der Waals surface area (Å²) in [5, 5.41) is 9.83. The fourth-order valence-corrected chi connectivity index (χ4v) is 5.41. The van der Waals surface area contributed by atoms with Gasteiger partial charge in [-0.1, -0.05) is 30.4 Å². The number of nitrogens with zero attached hydrogens (tertiary/aromatic N) is 3. The normalized spacial score (nSPS) is 17.5. The zero-order valence-corrected chi connectivity index (χ0v) is 20.6. The summed E-state index contributed by atoms with van der Waals surface area (Å²) in [7, 11) is 2.13. The second-order valence-corrected chi connectivity index (χ2v) is 11.4. The second kappa shape index (κ2) is 9.65. The van der Waals surface area contributed by atoms with Gasteiger partial charge >= 0.3 is 0 Å². The standard InChI is InChI=1S/C25H33N3O3S/c1-7-9-17-10-8-11-18(14-17)23-22-19(15-20(26-23)24(30)27(5)6)16-28(21(22)12-13-29)32(31)25(2,3)4/h7-11,14-15,21,29H,12-13,16H2,1-6H3/b9-7+/t21-,32-/m0/s1. The van der Waals surface area contributed by atoms with E-state index in [1.807, 2.05) is 74.5 Å². The molecule has 0 unspecified atom stereocenters. The molecule has 2 atom stereocenters. The molecule has 0 saturated carbocycles. The predicted octanol–water partition coefficient (Wildman–Crippen LogP) is 4.18. The minimum Gasteiger partial charge on any atom is -0.396 e. The molecule has 1 aliphatic heterocycles. The summed E-state index contributed by atoms with van der Waals surface area (Å²) < 4.78 is 14.9. The van der Waals surface area contributed by atoms with Gasteiger partial charge in [-0.3, -0.25) is 4.79 Å². The van der Waals surface area contributed by atoms with Crippen LogP contribution in [-0.4, -0.2) is 54.9 Å². The van der Waals surface area contributed by atoms with Crippen LogP contribution >= 0.6 is 0 Å². The summed E-state index contributed by atoms with van der Waals surface area (Å²) in [4.78, 5) is 19.1. The van der Waals surface area contributed by atoms with Gasteiger partial charge in [0.15, 0.2) is 0 Å². The molecule has 0 fully saturated rings. The minimum atomic E-state index is -1.28. The van der Waals surface area contributed by atoms with E-state index in [0.717, 1.165) is 22.3 Å². The van der Waals surface area contributed by atoms with Crippen LogP contribution in [0.3, 0.4) is 0 Å². The number of aromatic nitrogens is 1. The number of carbonyl (C=O) groups excluding carboxylic acids is 1. The zero-order chi connectivity index (χ0) is 23.6. The lowest BCUT2D eigenvalue weighted by Gasteiger charge is -2.30. The average Bonchev–Trinajstić information content (AvgIpc) is 3.10. The highest BCUT2D eigenvalue weighted by molar-refractivity contribution is 7.84. The van der Waals surface area contributed by atoms with E-state index in [2.05, 4.69) is 0 Å². The van der Waals surface area contributed by atoms with Crippen LogP contribution in [0.25, 0.3) is 17.3 Å². The van der Waals surface area contributed by atoms with Crippen molar-refractivity contribution >= 4 is 23.0 Å². The average molecular weight is 456 g/mol. The summed E-state index contributed by atoms with van der Waals surface area (Å²) in [5.41, 5.74) is 4.91. The number of aliphatic hydroxyl groups excluding tert-OH is 1. The summed E-state index contributed by atoms with van der Waals surface area (Å²) in [6, 6.07) is 9.60. The van der Waals surface area contributed by atoms with Crippen molar-refractivity contribution in [2.75, 3.05) is 20.7 Å². The van der Waals surface area contributed by atoms with Crippen molar-refractivity contribution in [3.8, 4) is 11.3 Å². The molecule has 1 aromatic heterocycles. The van der Waals surface area contributed by atoms with Crippen LogP contribution < -0.4 is 0 Å². The second-order valence-electron chi connectivity index (χ2n) is 9.22. The molecular weight excluding hydrogens is 422 g/mol. The van der Waals surface area contributed by atoms with Crippen LogP contribution in [0.4, 0.5) is 0 Å². The molecule has 0 aliphatic carbocycles. The Morgan fingerprint density at radius 3 is 2.62 bits per heavy atom. The van der Waals surface area contributed by atoms with Gasteiger partial charge in [0.1, 0.15) is 16.7 Å². The van der Waals surface area contributed by atoms with E-state index in [4.69, 9.17) is 4.98 Å². The topological polar surface area (TPSA) is 73.7 Å². The van der Waals surface area contributed by atoms with Gasteiger partial charge in [0.2, 0.25) is 0 Å². The van der Waals surface area contributed by atoms with E-state index >= 15 is 0 Å². The first-order valence-electron chi connectivity index (χ1n) is 10.9. The molecule has 1 amide bonds. The van der Waals surface area contributed by atoms with Gasteiger partial charge in [-0.25, -0.2) is 13.5 Å². The molecule has 0 spiro atoms. The van der Waals surface area contributed by atoms with Crippen molar-refractivity contribution in [3.63, 3.8) is 0 Å². The molecule has 2 aromatic rings. The first kappa shape index (κ1) is 24.3. The number of aliphatic hydroxyl groups is 1. The Labute approximate surface area is 193 Å². The van der Waals surface area contributed by atoms with Gasteiger partial charge in [-0.05, 0) is 57.4 Å². The quantitative estimate of drug-likeness (QED) is 0.709. The maximum absolute atomic E-state index is 13.4. The molecule has 0 saturated heterocycles. The molecule has 2 heterocycles. The summed E-state index contributed by atoms with van der Waals surface area (Å²) >= 11 is 0. The summed E-state index contributed by atoms with van der Waals surface area (Å²) in [6.45, 7) is 8.23. The van der Waals surface area contributed by atoms with E-state index < -0.39 is 15.7 Å². The number of hydrogen-bond acceptors (Lipinski definition) is 4. The third kappa shape index (κ3) is 4.85. The van der Waals surface area contributed by atoms with Crippen molar-refractivity contribution in [1.82, 2.24) is 14.2 Å². The van der Waals surface area contributed by atoms with E-state index in [1.165, 1.54) is 4.90 Å². The van der Waals surface area contributed by atoms with Crippen molar-refractivity contribution in [1.29, 1.82) is 0 Å². The molecule has 7 heteroatoms. The molecular formula is C25H33N3O3S. The maximum atomic E-state index is 13.4. The van der Waals surface area contributed by atoms with Gasteiger partial charge in [0.25, 0.3) is 5.91 Å². The Morgan fingerprint density at radius 2 is 2.03 bits per heavy atom. The van der Waals surface area contributed by atoms with Gasteiger partial charge in [-0.2, -0.15) is 0 Å². The predicted molar refractivity (Wildman–Crippen MR) is 130 cm³/mol. The van der Waals surface area contributed by atoms with Crippen molar-refractivity contribution in [2.45, 2.75) is 51.4 Å². The Balaban J connectivity index is 2.25. The van der Waals surface area contributed by atoms with Crippen LogP contribution in [0, 0.1) is 0 Å². The first-order valence-corrected chi connectivity index (χ1v) is 12.0. The Hall–Kier alpha value is -2.35. The Bertz CT molecular complexity index is 1060. The molecule has 3 rings (SSSR count). The van der Waals surface area contributed by atoms with Gasteiger partial charge < -0.3 is 10.0 Å². The van der Waals surface area contributed by atoms with Gasteiger partial charge in [0.05, 0.1) is 16.5 Å². The molecule has 1 N–H and O–H groups in total. The molecule has 0 bridgehead atoms. The Morgan fingerprint density at radius 1 is 1.31 bits per heavy atom. The molecule has 0 radical (unpaired) electrons. The molecule has 1 aliphatic rings. The van der Waals surface area contributed by atoms with E-state index in [9.17, 15) is 14.1 Å². The molecule has 172 valence electrons. The van der Waals surface area contributed by atoms with Crippen LogP contribution in [0.5, 0.6) is 0 Å². The lowest BCUT2D eigenvalue weighted by molar-refractivity contribution is 0.0822. The van der Waals surface area contributed by atoms with E-state index in [-0.39, 0.29) is 18.6 Å². The van der Waals surface area contributed by atoms with Crippen LogP contribution in [0.2, 0.25) is 0 Å². The summed E-state index contributed by atoms with van der Waals surface area (Å²) in [6.07, 6.45) is 4.44. The largest absolute Gasteiger partial charge is 0.396 e. The Kier molecular flexibility index (Phi) is 7.32. The van der Waals surface area contributed by atoms with Gasteiger partial charge in [-0.15, -0.1) is 0 Å². The minimum absolute atomic E-state index is 0.0294. The third-order valence-electron chi connectivity index (χ3n) is 5.44. The first-order chi connectivity index (χ1) is 15.1. The third-order valence-corrected chi connectivity index (χ3v) is 7.29. The monoisotopic (exact) mass is 455 g/mol. The maximum Gasteiger partial charge on any atom is 0.271 e. The van der Waals surface area contributed by atoms with E-state index in [0.29, 0.717) is 24.4 Å². The fourth-order valence-electron chi connectivity index (χ4n) is 4.01. The van der Waals surface area contributed by atoms with Crippen molar-refractivity contribution in [3.05, 3.63) is 58.8 Å². The number of rotatable bonds is 6. The van der Waals surface area contributed by atoms with Crippen LogP contribution in [0.15, 0.2) is 36.4 Å². The smallest absolute Gasteiger partial charge is 0.271 e. The number of benzene rings is 1. The number of pyridine rings is 1. The highest BCUT2D eigenvalue weighted by Gasteiger charge is 2.40. The highest BCUT2D eigenvalue weighted by atomic mass is 32.2. The SMILES string of the molecule is C/C=C/c1cccc(-c2nc(C(=O)N(C)C)cc3c2[C@H](CCO)N([S@@](=O)C(C)(C)C)C3)c1. The summed E-state index contributed by atoms with van der Waals surface area (Å²) in [5.74, 6) is -0.173. The molecule has 6 nitrogen and oxygen atoms in total. The van der Waals surface area contributed by atoms with E-state index in [1.54, 1.807) is 14.1 Å². The lowest BCUT2D eigenvalue weighted by Crippen LogP contribution is -2.36. The molecule has 32 heavy (non-hydrogen) atoms. The number of fused-ring (bicyclic) bond motifs is 1. The van der Waals surface area contributed by atoms with Crippen LogP contribution in [-0.2, 0) is 17.5 Å². The highest BCUT2D eigenvalue weighted by Crippen LogP contribution is 2.44. The number of allylic oxidation sites excluding steroid dienone is 1. The van der Waals surface area contributed by atoms with Gasteiger partial charge in [0, 0.05) is 38.4 Å². The number of carbonyl (C=O) groups is 1. The number of hydrogen-bond donors (Lipinski definition) is 1. The molecule has 1 aromatic carbocycles. The number of amides is 1. The zero-order valence-electron chi connectivity index (χ0n) is 19.8. The van der Waals surface area contributed by atoms with Crippen LogP contribution in [0.1, 0.15) is 67.3 Å². The van der Waals surface area contributed by atoms with Crippen molar-refractivity contribution in [2.24, 2.45) is 0 Å². The lowest BCUT2D eigenvalue weighted by atomic mass is 9.95. The van der Waals surface area contributed by atoms with Crippen molar-refractivity contribution < 1.29 is 14.1 Å².